The molecule has 11 nitrogen and oxygen atoms in total. The van der Waals surface area contributed by atoms with E-state index in [1.165, 1.54) is 6.33 Å². The van der Waals surface area contributed by atoms with Crippen molar-refractivity contribution in [1.82, 2.24) is 40.2 Å². The number of nitrogens with zero attached hydrogens (tertiary/aromatic N) is 8. The van der Waals surface area contributed by atoms with Crippen molar-refractivity contribution in [3.05, 3.63) is 24.0 Å². The summed E-state index contributed by atoms with van der Waals surface area (Å²) in [6, 6.07) is 0.0776. The minimum atomic E-state index is 0.0776. The van der Waals surface area contributed by atoms with E-state index in [9.17, 15) is 0 Å². The highest BCUT2D eigenvalue weighted by atomic mass is 16.5. The Kier molecular flexibility index (Phi) is 4.97. The molecule has 3 N–H and O–H groups in total. The molecule has 0 amide bonds. The van der Waals surface area contributed by atoms with Gasteiger partial charge in [0.1, 0.15) is 29.3 Å². The van der Waals surface area contributed by atoms with Crippen LogP contribution >= 0.6 is 0 Å². The maximum atomic E-state index is 6.23. The molecule has 0 aromatic carbocycles. The van der Waals surface area contributed by atoms with E-state index in [-0.39, 0.29) is 6.04 Å². The van der Waals surface area contributed by atoms with Gasteiger partial charge in [-0.15, -0.1) is 0 Å². The average molecular weight is 435 g/mol. The Morgan fingerprint density at radius 3 is 2.59 bits per heavy atom. The molecule has 0 saturated carbocycles. The first kappa shape index (κ1) is 20.3. The van der Waals surface area contributed by atoms with Gasteiger partial charge in [0.2, 0.25) is 0 Å². The molecular weight excluding hydrogens is 408 g/mol. The minimum absolute atomic E-state index is 0.0776. The first-order chi connectivity index (χ1) is 15.5. The number of hydrogen-bond donors (Lipinski definition) is 2. The van der Waals surface area contributed by atoms with Crippen LogP contribution in [0.15, 0.2) is 17.0 Å². The molecule has 1 aliphatic rings. The predicted molar refractivity (Wildman–Crippen MR) is 121 cm³/mol. The van der Waals surface area contributed by atoms with E-state index in [1.807, 2.05) is 38.6 Å². The molecule has 166 valence electrons. The summed E-state index contributed by atoms with van der Waals surface area (Å²) in [4.78, 5) is 20.4. The molecular formula is C21H26N10O. The zero-order valence-electron chi connectivity index (χ0n) is 18.6. The molecule has 11 heteroatoms. The maximum Gasteiger partial charge on any atom is 0.165 e. The van der Waals surface area contributed by atoms with E-state index in [1.54, 1.807) is 0 Å². The number of nitrogen functional groups attached to an aromatic ring is 1. The first-order valence-electron chi connectivity index (χ1n) is 10.7. The van der Waals surface area contributed by atoms with Gasteiger partial charge in [0.15, 0.2) is 11.5 Å². The summed E-state index contributed by atoms with van der Waals surface area (Å²) in [5.41, 5.74) is 10.6. The standard InChI is InChI=1S/C21H26N10O/c1-11(2)31-21-16(19(22)25-10-26-21)17(28-31)18-15(13(4)32-29-18)20-24-9-14(12(3)27-20)30-7-5-23-6-8-30/h9-11,23H,5-8H2,1-4H3,(H2,22,25,26). The third-order valence-corrected chi connectivity index (χ3v) is 5.73. The largest absolute Gasteiger partial charge is 0.383 e. The summed E-state index contributed by atoms with van der Waals surface area (Å²) in [6.07, 6.45) is 3.32. The number of aryl methyl sites for hydroxylation is 2. The van der Waals surface area contributed by atoms with Crippen molar-refractivity contribution in [3.8, 4) is 22.8 Å². The fraction of sp³-hybridized carbons (Fsp3) is 0.429. The lowest BCUT2D eigenvalue weighted by Gasteiger charge is -2.30. The molecule has 1 saturated heterocycles. The molecule has 0 spiro atoms. The van der Waals surface area contributed by atoms with Crippen LogP contribution in [-0.2, 0) is 0 Å². The topological polar surface area (TPSA) is 137 Å². The molecule has 5 heterocycles. The smallest absolute Gasteiger partial charge is 0.165 e. The molecule has 0 aliphatic carbocycles. The normalized spacial score (nSPS) is 14.6. The molecule has 0 unspecified atom stereocenters. The molecule has 1 aliphatic heterocycles. The van der Waals surface area contributed by atoms with Crippen LogP contribution in [-0.4, -0.2) is 61.1 Å². The van der Waals surface area contributed by atoms with Crippen molar-refractivity contribution in [2.24, 2.45) is 0 Å². The van der Waals surface area contributed by atoms with Crippen molar-refractivity contribution >= 4 is 22.5 Å². The highest BCUT2D eigenvalue weighted by molar-refractivity contribution is 6.00. The Labute approximate surface area is 185 Å². The Hall–Kier alpha value is -3.60. The summed E-state index contributed by atoms with van der Waals surface area (Å²) in [7, 11) is 0. The number of aromatic nitrogens is 7. The molecule has 4 aromatic heterocycles. The lowest BCUT2D eigenvalue weighted by Crippen LogP contribution is -2.43. The van der Waals surface area contributed by atoms with Gasteiger partial charge in [0.25, 0.3) is 0 Å². The predicted octanol–water partition coefficient (Wildman–Crippen LogP) is 2.13. The van der Waals surface area contributed by atoms with Gasteiger partial charge >= 0.3 is 0 Å². The molecule has 32 heavy (non-hydrogen) atoms. The van der Waals surface area contributed by atoms with Gasteiger partial charge < -0.3 is 20.5 Å². The van der Waals surface area contributed by atoms with E-state index in [2.05, 4.69) is 30.3 Å². The van der Waals surface area contributed by atoms with E-state index >= 15 is 0 Å². The number of fused-ring (bicyclic) bond motifs is 1. The van der Waals surface area contributed by atoms with Gasteiger partial charge in [-0.3, -0.25) is 0 Å². The van der Waals surface area contributed by atoms with Crippen LogP contribution < -0.4 is 16.0 Å². The van der Waals surface area contributed by atoms with Crippen molar-refractivity contribution in [1.29, 1.82) is 0 Å². The van der Waals surface area contributed by atoms with Crippen LogP contribution in [0.25, 0.3) is 33.8 Å². The zero-order chi connectivity index (χ0) is 22.4. The van der Waals surface area contributed by atoms with Crippen molar-refractivity contribution in [2.45, 2.75) is 33.7 Å². The highest BCUT2D eigenvalue weighted by Crippen LogP contribution is 2.37. The van der Waals surface area contributed by atoms with E-state index in [4.69, 9.17) is 20.3 Å². The summed E-state index contributed by atoms with van der Waals surface area (Å²) in [5, 5.41) is 13.1. The highest BCUT2D eigenvalue weighted by Gasteiger charge is 2.27. The summed E-state index contributed by atoms with van der Waals surface area (Å²) in [5.74, 6) is 1.49. The van der Waals surface area contributed by atoms with Crippen molar-refractivity contribution < 1.29 is 4.52 Å². The van der Waals surface area contributed by atoms with E-state index in [0.29, 0.717) is 45.4 Å². The number of piperazine rings is 1. The van der Waals surface area contributed by atoms with Crippen LogP contribution in [0.3, 0.4) is 0 Å². The second kappa shape index (κ2) is 7.83. The fourth-order valence-corrected chi connectivity index (χ4v) is 4.12. The Balaban J connectivity index is 1.65. The second-order valence-electron chi connectivity index (χ2n) is 8.21. The van der Waals surface area contributed by atoms with Crippen LogP contribution in [0, 0.1) is 13.8 Å². The minimum Gasteiger partial charge on any atom is -0.383 e. The molecule has 0 atom stereocenters. The maximum absolute atomic E-state index is 6.23. The zero-order valence-corrected chi connectivity index (χ0v) is 18.6. The third-order valence-electron chi connectivity index (χ3n) is 5.73. The van der Waals surface area contributed by atoms with Gasteiger partial charge in [-0.1, -0.05) is 5.16 Å². The Morgan fingerprint density at radius 1 is 1.09 bits per heavy atom. The van der Waals surface area contributed by atoms with Crippen molar-refractivity contribution in [3.63, 3.8) is 0 Å². The SMILES string of the molecule is Cc1nc(-c2c(-c3nn(C(C)C)c4ncnc(N)c34)noc2C)ncc1N1CCNCC1. The fourth-order valence-electron chi connectivity index (χ4n) is 4.12. The summed E-state index contributed by atoms with van der Waals surface area (Å²) < 4.78 is 7.39. The second-order valence-corrected chi connectivity index (χ2v) is 8.21. The van der Waals surface area contributed by atoms with Gasteiger partial charge in [-0.05, 0) is 27.7 Å². The number of hydrogen-bond acceptors (Lipinski definition) is 10. The van der Waals surface area contributed by atoms with E-state index in [0.717, 1.165) is 37.6 Å². The Bertz CT molecular complexity index is 1290. The molecule has 5 rings (SSSR count). The molecule has 1 fully saturated rings. The lowest BCUT2D eigenvalue weighted by molar-refractivity contribution is 0.399. The van der Waals surface area contributed by atoms with Gasteiger partial charge in [0, 0.05) is 32.2 Å². The quantitative estimate of drug-likeness (QED) is 0.491. The molecule has 0 bridgehead atoms. The molecule has 4 aromatic rings. The number of nitrogens with two attached hydrogens (primary N) is 1. The van der Waals surface area contributed by atoms with Crippen LogP contribution in [0.1, 0.15) is 31.3 Å². The molecule has 0 radical (unpaired) electrons. The van der Waals surface area contributed by atoms with Gasteiger partial charge in [-0.25, -0.2) is 24.6 Å². The van der Waals surface area contributed by atoms with Gasteiger partial charge in [0.05, 0.1) is 28.5 Å². The Morgan fingerprint density at radius 2 is 1.88 bits per heavy atom. The number of rotatable bonds is 4. The first-order valence-corrected chi connectivity index (χ1v) is 10.7. The van der Waals surface area contributed by atoms with E-state index < -0.39 is 0 Å². The monoisotopic (exact) mass is 434 g/mol. The lowest BCUT2D eigenvalue weighted by atomic mass is 10.1. The van der Waals surface area contributed by atoms with Crippen LogP contribution in [0.2, 0.25) is 0 Å². The van der Waals surface area contributed by atoms with Crippen LogP contribution in [0.4, 0.5) is 11.5 Å². The van der Waals surface area contributed by atoms with Crippen molar-refractivity contribution in [2.75, 3.05) is 36.8 Å². The number of anilines is 2. The summed E-state index contributed by atoms with van der Waals surface area (Å²) >= 11 is 0. The summed E-state index contributed by atoms with van der Waals surface area (Å²) in [6.45, 7) is 11.7. The third kappa shape index (κ3) is 3.25. The average Bonchev–Trinajstić information content (AvgIpc) is 3.36. The van der Waals surface area contributed by atoms with Gasteiger partial charge in [-0.2, -0.15) is 5.10 Å². The van der Waals surface area contributed by atoms with Crippen LogP contribution in [0.5, 0.6) is 0 Å². The number of nitrogens with one attached hydrogen (secondary N) is 1.